The SMILES string of the molecule is C=C/C=C\C(=C)C(=C)/C(F)=C(/F)C(=C)C(=C)/C=C\C(=C)C. The van der Waals surface area contributed by atoms with Crippen LogP contribution in [0.15, 0.2) is 109 Å². The lowest BCUT2D eigenvalue weighted by Crippen LogP contribution is -1.93. The quantitative estimate of drug-likeness (QED) is 0.463. The van der Waals surface area contributed by atoms with E-state index in [1.54, 1.807) is 19.1 Å². The van der Waals surface area contributed by atoms with Gasteiger partial charge in [-0.3, -0.25) is 0 Å². The van der Waals surface area contributed by atoms with Gasteiger partial charge in [-0.25, -0.2) is 8.78 Å². The molecular formula is C19H20F2. The molecule has 0 aromatic rings. The van der Waals surface area contributed by atoms with Crippen molar-refractivity contribution in [1.82, 2.24) is 0 Å². The molecular weight excluding hydrogens is 266 g/mol. The van der Waals surface area contributed by atoms with E-state index in [9.17, 15) is 8.78 Å². The van der Waals surface area contributed by atoms with Crippen LogP contribution in [-0.4, -0.2) is 0 Å². The maximum atomic E-state index is 14.0. The van der Waals surface area contributed by atoms with Crippen LogP contribution < -0.4 is 0 Å². The van der Waals surface area contributed by atoms with Crippen molar-refractivity contribution < 1.29 is 8.78 Å². The Hall–Kier alpha value is -2.48. The van der Waals surface area contributed by atoms with Crippen molar-refractivity contribution in [1.29, 1.82) is 0 Å². The van der Waals surface area contributed by atoms with Gasteiger partial charge < -0.3 is 0 Å². The summed E-state index contributed by atoms with van der Waals surface area (Å²) in [5.41, 5.74) is 0.973. The number of halogens is 2. The third-order valence-electron chi connectivity index (χ3n) is 2.50. The van der Waals surface area contributed by atoms with Crippen LogP contribution in [0.25, 0.3) is 0 Å². The second-order valence-corrected chi connectivity index (χ2v) is 4.41. The van der Waals surface area contributed by atoms with Crippen LogP contribution in [-0.2, 0) is 0 Å². The molecule has 0 aliphatic rings. The Balaban J connectivity index is 5.26. The van der Waals surface area contributed by atoms with Gasteiger partial charge in [0.15, 0.2) is 11.7 Å². The Morgan fingerprint density at radius 2 is 1.19 bits per heavy atom. The summed E-state index contributed by atoms with van der Waals surface area (Å²) >= 11 is 0. The zero-order valence-corrected chi connectivity index (χ0v) is 12.4. The molecule has 0 heterocycles. The summed E-state index contributed by atoms with van der Waals surface area (Å²) in [5.74, 6) is -2.21. The molecule has 0 amide bonds. The van der Waals surface area contributed by atoms with Crippen molar-refractivity contribution >= 4 is 0 Å². The summed E-state index contributed by atoms with van der Waals surface area (Å²) in [6.45, 7) is 23.1. The van der Waals surface area contributed by atoms with E-state index < -0.39 is 11.7 Å². The van der Waals surface area contributed by atoms with Crippen LogP contribution in [0.1, 0.15) is 6.92 Å². The van der Waals surface area contributed by atoms with Crippen molar-refractivity contribution in [2.24, 2.45) is 0 Å². The molecule has 2 heteroatoms. The van der Waals surface area contributed by atoms with Gasteiger partial charge in [0, 0.05) is 11.1 Å². The van der Waals surface area contributed by atoms with Crippen LogP contribution in [0.4, 0.5) is 8.78 Å². The molecule has 0 nitrogen and oxygen atoms in total. The summed E-state index contributed by atoms with van der Waals surface area (Å²) < 4.78 is 28.1. The molecule has 0 fully saturated rings. The Labute approximate surface area is 125 Å². The summed E-state index contributed by atoms with van der Waals surface area (Å²) in [4.78, 5) is 0. The van der Waals surface area contributed by atoms with Crippen LogP contribution in [0.2, 0.25) is 0 Å². The summed E-state index contributed by atoms with van der Waals surface area (Å²) in [6.07, 6.45) is 7.70. The van der Waals surface area contributed by atoms with Crippen LogP contribution in [0.3, 0.4) is 0 Å². The molecule has 21 heavy (non-hydrogen) atoms. The lowest BCUT2D eigenvalue weighted by Gasteiger charge is -2.07. The van der Waals surface area contributed by atoms with Gasteiger partial charge >= 0.3 is 0 Å². The van der Waals surface area contributed by atoms with Crippen molar-refractivity contribution in [2.45, 2.75) is 6.92 Å². The highest BCUT2D eigenvalue weighted by atomic mass is 19.2. The van der Waals surface area contributed by atoms with Crippen molar-refractivity contribution in [3.8, 4) is 0 Å². The first-order valence-electron chi connectivity index (χ1n) is 6.17. The van der Waals surface area contributed by atoms with Crippen molar-refractivity contribution in [2.75, 3.05) is 0 Å². The highest BCUT2D eigenvalue weighted by molar-refractivity contribution is 5.54. The summed E-state index contributed by atoms with van der Waals surface area (Å²) in [6, 6.07) is 0. The predicted molar refractivity (Wildman–Crippen MR) is 89.1 cm³/mol. The smallest absolute Gasteiger partial charge is 0.166 e. The maximum Gasteiger partial charge on any atom is 0.166 e. The van der Waals surface area contributed by atoms with Gasteiger partial charge in [0.1, 0.15) is 0 Å². The first kappa shape index (κ1) is 18.5. The molecule has 0 bridgehead atoms. The van der Waals surface area contributed by atoms with Gasteiger partial charge in [-0.15, -0.1) is 0 Å². The molecule has 0 aromatic heterocycles. The zero-order valence-electron chi connectivity index (χ0n) is 12.4. The average molecular weight is 286 g/mol. The van der Waals surface area contributed by atoms with Gasteiger partial charge in [-0.2, -0.15) is 0 Å². The molecule has 0 radical (unpaired) electrons. The average Bonchev–Trinajstić information content (AvgIpc) is 2.46. The minimum atomic E-state index is -1.11. The standard InChI is InChI=1S/C19H20F2/c1-8-9-10-14(4)16(6)18(20)19(21)17(7)15(5)12-11-13(2)3/h8-12H,1-2,4-7H2,3H3/b10-9-,12-11-,19-18-. The fourth-order valence-corrected chi connectivity index (χ4v) is 1.18. The topological polar surface area (TPSA) is 0 Å². The molecule has 0 saturated carbocycles. The molecule has 0 saturated heterocycles. The van der Waals surface area contributed by atoms with Crippen molar-refractivity contribution in [3.05, 3.63) is 109 Å². The monoisotopic (exact) mass is 286 g/mol. The molecule has 0 rings (SSSR count). The Morgan fingerprint density at radius 1 is 0.762 bits per heavy atom. The second kappa shape index (κ2) is 8.64. The minimum Gasteiger partial charge on any atom is -0.203 e. The fourth-order valence-electron chi connectivity index (χ4n) is 1.18. The van der Waals surface area contributed by atoms with E-state index in [0.29, 0.717) is 0 Å². The first-order chi connectivity index (χ1) is 9.72. The second-order valence-electron chi connectivity index (χ2n) is 4.41. The zero-order chi connectivity index (χ0) is 16.6. The molecule has 0 aliphatic carbocycles. The Kier molecular flexibility index (Phi) is 7.62. The van der Waals surface area contributed by atoms with E-state index in [1.165, 1.54) is 18.2 Å². The van der Waals surface area contributed by atoms with E-state index in [1.807, 2.05) is 0 Å². The van der Waals surface area contributed by atoms with Gasteiger partial charge in [0.25, 0.3) is 0 Å². The number of rotatable bonds is 8. The lowest BCUT2D eigenvalue weighted by molar-refractivity contribution is 0.560. The first-order valence-corrected chi connectivity index (χ1v) is 6.17. The fraction of sp³-hybridized carbons (Fsp3) is 0.0526. The Morgan fingerprint density at radius 3 is 1.57 bits per heavy atom. The molecule has 110 valence electrons. The summed E-state index contributed by atoms with van der Waals surface area (Å²) in [7, 11) is 0. The van der Waals surface area contributed by atoms with Gasteiger partial charge in [0.05, 0.1) is 0 Å². The van der Waals surface area contributed by atoms with Crippen LogP contribution in [0, 0.1) is 0 Å². The molecule has 0 N–H and O–H groups in total. The van der Waals surface area contributed by atoms with Gasteiger partial charge in [-0.05, 0) is 18.1 Å². The molecule has 0 unspecified atom stereocenters. The van der Waals surface area contributed by atoms with E-state index in [0.717, 1.165) is 5.57 Å². The Bertz CT molecular complexity index is 593. The van der Waals surface area contributed by atoms with Crippen LogP contribution in [0.5, 0.6) is 0 Å². The van der Waals surface area contributed by atoms with Crippen molar-refractivity contribution in [3.63, 3.8) is 0 Å². The highest BCUT2D eigenvalue weighted by Crippen LogP contribution is 2.29. The molecule has 0 aliphatic heterocycles. The molecule has 0 aromatic carbocycles. The van der Waals surface area contributed by atoms with Gasteiger partial charge in [0.2, 0.25) is 0 Å². The molecule has 0 atom stereocenters. The van der Waals surface area contributed by atoms with E-state index in [-0.39, 0.29) is 22.3 Å². The maximum absolute atomic E-state index is 14.0. The minimum absolute atomic E-state index is 0.147. The number of allylic oxidation sites excluding steroid dienone is 12. The lowest BCUT2D eigenvalue weighted by atomic mass is 10.0. The van der Waals surface area contributed by atoms with E-state index in [2.05, 4.69) is 39.5 Å². The largest absolute Gasteiger partial charge is 0.203 e. The predicted octanol–water partition coefficient (Wildman–Crippen LogP) is 6.24. The number of hydrogen-bond acceptors (Lipinski definition) is 0. The van der Waals surface area contributed by atoms with E-state index >= 15 is 0 Å². The van der Waals surface area contributed by atoms with E-state index in [4.69, 9.17) is 0 Å². The normalized spacial score (nSPS) is 12.1. The van der Waals surface area contributed by atoms with Gasteiger partial charge in [-0.1, -0.05) is 75.4 Å². The molecule has 0 spiro atoms. The summed E-state index contributed by atoms with van der Waals surface area (Å²) in [5, 5.41) is 0. The number of hydrogen-bond donors (Lipinski definition) is 0. The third-order valence-corrected chi connectivity index (χ3v) is 2.50. The van der Waals surface area contributed by atoms with Crippen LogP contribution >= 0.6 is 0 Å². The third kappa shape index (κ3) is 6.00. The highest BCUT2D eigenvalue weighted by Gasteiger charge is 2.15.